The Balaban J connectivity index is 2.28. The minimum atomic E-state index is 0.346. The number of nitrogens with zero attached hydrogens (tertiary/aromatic N) is 1. The van der Waals surface area contributed by atoms with Gasteiger partial charge in [0.05, 0.1) is 0 Å². The molecule has 0 spiro atoms. The highest BCUT2D eigenvalue weighted by molar-refractivity contribution is 5.27. The molecule has 2 N–H and O–H groups in total. The molecule has 76 valence electrons. The lowest BCUT2D eigenvalue weighted by Gasteiger charge is -2.16. The molecule has 1 aliphatic carbocycles. The molecule has 1 aromatic heterocycles. The van der Waals surface area contributed by atoms with E-state index in [-0.39, 0.29) is 0 Å². The summed E-state index contributed by atoms with van der Waals surface area (Å²) in [7, 11) is 0. The normalized spacial score (nSPS) is 26.8. The first kappa shape index (κ1) is 9.66. The second kappa shape index (κ2) is 3.70. The van der Waals surface area contributed by atoms with Crippen LogP contribution < -0.4 is 5.73 Å². The van der Waals surface area contributed by atoms with Gasteiger partial charge in [-0.25, -0.2) is 0 Å². The molecule has 1 fully saturated rings. The predicted octanol–water partition coefficient (Wildman–Crippen LogP) is 2.29. The second-order valence-corrected chi connectivity index (χ2v) is 4.37. The third-order valence-corrected chi connectivity index (χ3v) is 3.36. The van der Waals surface area contributed by atoms with Gasteiger partial charge in [-0.05, 0) is 37.8 Å². The summed E-state index contributed by atoms with van der Waals surface area (Å²) < 4.78 is 0. The van der Waals surface area contributed by atoms with Gasteiger partial charge in [-0.3, -0.25) is 4.98 Å². The first-order valence-electron chi connectivity index (χ1n) is 5.37. The van der Waals surface area contributed by atoms with Crippen LogP contribution in [0.3, 0.4) is 0 Å². The zero-order valence-electron chi connectivity index (χ0n) is 8.96. The molecule has 2 rings (SSSR count). The SMILES string of the molecule is Cc1cc(C2CCCC2N)cnc1C. The molecule has 2 nitrogen and oxygen atoms in total. The van der Waals surface area contributed by atoms with E-state index in [4.69, 9.17) is 5.73 Å². The van der Waals surface area contributed by atoms with Crippen molar-refractivity contribution in [3.05, 3.63) is 29.1 Å². The van der Waals surface area contributed by atoms with Gasteiger partial charge >= 0.3 is 0 Å². The van der Waals surface area contributed by atoms with E-state index in [0.717, 1.165) is 12.1 Å². The van der Waals surface area contributed by atoms with Crippen LogP contribution in [0.25, 0.3) is 0 Å². The van der Waals surface area contributed by atoms with Gasteiger partial charge in [0.2, 0.25) is 0 Å². The fraction of sp³-hybridized carbons (Fsp3) is 0.583. The Bertz CT molecular complexity index is 333. The van der Waals surface area contributed by atoms with E-state index in [1.54, 1.807) is 0 Å². The van der Waals surface area contributed by atoms with Crippen LogP contribution in [0.15, 0.2) is 12.3 Å². The minimum Gasteiger partial charge on any atom is -0.327 e. The molecule has 0 amide bonds. The van der Waals surface area contributed by atoms with Crippen molar-refractivity contribution in [1.29, 1.82) is 0 Å². The fourth-order valence-electron chi connectivity index (χ4n) is 2.27. The number of nitrogens with two attached hydrogens (primary N) is 1. The molecule has 1 heterocycles. The van der Waals surface area contributed by atoms with Crippen molar-refractivity contribution in [2.24, 2.45) is 5.73 Å². The lowest BCUT2D eigenvalue weighted by Crippen LogP contribution is -2.22. The quantitative estimate of drug-likeness (QED) is 0.738. The summed E-state index contributed by atoms with van der Waals surface area (Å²) in [6.07, 6.45) is 5.65. The topological polar surface area (TPSA) is 38.9 Å². The predicted molar refractivity (Wildman–Crippen MR) is 58.3 cm³/mol. The van der Waals surface area contributed by atoms with Crippen LogP contribution in [0.5, 0.6) is 0 Å². The van der Waals surface area contributed by atoms with E-state index in [2.05, 4.69) is 18.0 Å². The van der Waals surface area contributed by atoms with Gasteiger partial charge in [0.15, 0.2) is 0 Å². The Morgan fingerprint density at radius 2 is 2.14 bits per heavy atom. The van der Waals surface area contributed by atoms with Gasteiger partial charge in [0.25, 0.3) is 0 Å². The lowest BCUT2D eigenvalue weighted by molar-refractivity contribution is 0.610. The summed E-state index contributed by atoms with van der Waals surface area (Å²) in [6, 6.07) is 2.59. The molecule has 1 aliphatic rings. The number of pyridine rings is 1. The molecule has 0 aromatic carbocycles. The highest BCUT2D eigenvalue weighted by Crippen LogP contribution is 2.33. The smallest absolute Gasteiger partial charge is 0.0401 e. The molecule has 1 aromatic rings. The Morgan fingerprint density at radius 1 is 1.36 bits per heavy atom. The fourth-order valence-corrected chi connectivity index (χ4v) is 2.27. The Morgan fingerprint density at radius 3 is 2.71 bits per heavy atom. The third kappa shape index (κ3) is 1.67. The molecular weight excluding hydrogens is 172 g/mol. The molecular formula is C12H18N2. The number of aryl methyl sites for hydroxylation is 2. The largest absolute Gasteiger partial charge is 0.327 e. The summed E-state index contributed by atoms with van der Waals surface area (Å²) >= 11 is 0. The van der Waals surface area contributed by atoms with Crippen molar-refractivity contribution >= 4 is 0 Å². The van der Waals surface area contributed by atoms with Crippen molar-refractivity contribution in [3.63, 3.8) is 0 Å². The van der Waals surface area contributed by atoms with Gasteiger partial charge in [-0.15, -0.1) is 0 Å². The van der Waals surface area contributed by atoms with Gasteiger partial charge in [0, 0.05) is 23.9 Å². The number of hydrogen-bond acceptors (Lipinski definition) is 2. The third-order valence-electron chi connectivity index (χ3n) is 3.36. The standard InChI is InChI=1S/C12H18N2/c1-8-6-10(7-14-9(8)2)11-4-3-5-12(11)13/h6-7,11-12H,3-5,13H2,1-2H3. The summed E-state index contributed by atoms with van der Waals surface area (Å²) in [6.45, 7) is 4.17. The van der Waals surface area contributed by atoms with Gasteiger partial charge in [-0.2, -0.15) is 0 Å². The van der Waals surface area contributed by atoms with Gasteiger partial charge < -0.3 is 5.73 Å². The van der Waals surface area contributed by atoms with Crippen molar-refractivity contribution in [2.75, 3.05) is 0 Å². The van der Waals surface area contributed by atoms with Crippen LogP contribution in [0.1, 0.15) is 42.0 Å². The van der Waals surface area contributed by atoms with Crippen LogP contribution in [-0.2, 0) is 0 Å². The summed E-state index contributed by atoms with van der Waals surface area (Å²) in [5.74, 6) is 0.543. The van der Waals surface area contributed by atoms with Crippen LogP contribution >= 0.6 is 0 Å². The van der Waals surface area contributed by atoms with E-state index in [1.165, 1.54) is 24.0 Å². The van der Waals surface area contributed by atoms with E-state index in [9.17, 15) is 0 Å². The molecule has 2 atom stereocenters. The van der Waals surface area contributed by atoms with Crippen LogP contribution in [0, 0.1) is 13.8 Å². The van der Waals surface area contributed by atoms with Crippen molar-refractivity contribution < 1.29 is 0 Å². The van der Waals surface area contributed by atoms with Crippen LogP contribution in [-0.4, -0.2) is 11.0 Å². The summed E-state index contributed by atoms with van der Waals surface area (Å²) in [5, 5.41) is 0. The van der Waals surface area contributed by atoms with E-state index in [1.807, 2.05) is 13.1 Å². The molecule has 0 aliphatic heterocycles. The average molecular weight is 190 g/mol. The zero-order valence-corrected chi connectivity index (χ0v) is 8.96. The summed E-state index contributed by atoms with van der Waals surface area (Å²) in [4.78, 5) is 4.40. The minimum absolute atomic E-state index is 0.346. The maximum atomic E-state index is 6.07. The number of hydrogen-bond donors (Lipinski definition) is 1. The molecule has 1 saturated carbocycles. The maximum absolute atomic E-state index is 6.07. The molecule has 0 bridgehead atoms. The van der Waals surface area contributed by atoms with Crippen molar-refractivity contribution in [3.8, 4) is 0 Å². The molecule has 0 saturated heterocycles. The molecule has 0 radical (unpaired) electrons. The molecule has 2 heteroatoms. The van der Waals surface area contributed by atoms with E-state index < -0.39 is 0 Å². The summed E-state index contributed by atoms with van der Waals surface area (Å²) in [5.41, 5.74) is 9.81. The molecule has 2 unspecified atom stereocenters. The van der Waals surface area contributed by atoms with Gasteiger partial charge in [-0.1, -0.05) is 12.5 Å². The van der Waals surface area contributed by atoms with Crippen molar-refractivity contribution in [2.45, 2.75) is 45.1 Å². The Labute approximate surface area is 85.5 Å². The monoisotopic (exact) mass is 190 g/mol. The molecule has 14 heavy (non-hydrogen) atoms. The van der Waals surface area contributed by atoms with Crippen LogP contribution in [0.4, 0.5) is 0 Å². The highest BCUT2D eigenvalue weighted by atomic mass is 14.7. The Kier molecular flexibility index (Phi) is 2.55. The van der Waals surface area contributed by atoms with E-state index in [0.29, 0.717) is 12.0 Å². The lowest BCUT2D eigenvalue weighted by atomic mass is 9.95. The second-order valence-electron chi connectivity index (χ2n) is 4.37. The first-order valence-corrected chi connectivity index (χ1v) is 5.37. The number of rotatable bonds is 1. The van der Waals surface area contributed by atoms with Gasteiger partial charge in [0.1, 0.15) is 0 Å². The maximum Gasteiger partial charge on any atom is 0.0401 e. The average Bonchev–Trinajstić information content (AvgIpc) is 2.57. The van der Waals surface area contributed by atoms with E-state index >= 15 is 0 Å². The zero-order chi connectivity index (χ0) is 10.1. The van der Waals surface area contributed by atoms with Crippen molar-refractivity contribution in [1.82, 2.24) is 4.98 Å². The Hall–Kier alpha value is -0.890. The first-order chi connectivity index (χ1) is 6.68. The highest BCUT2D eigenvalue weighted by Gasteiger charge is 2.25. The van der Waals surface area contributed by atoms with Crippen LogP contribution in [0.2, 0.25) is 0 Å². The number of aromatic nitrogens is 1.